The molecule has 2 amide bonds. The minimum atomic E-state index is -0.653. The third-order valence-electron chi connectivity index (χ3n) is 5.02. The lowest BCUT2D eigenvalue weighted by molar-refractivity contribution is -0.171. The summed E-state index contributed by atoms with van der Waals surface area (Å²) in [6, 6.07) is 0. The molecule has 0 aromatic heterocycles. The van der Waals surface area contributed by atoms with Crippen LogP contribution in [-0.2, 0) is 14.4 Å². The Kier molecular flexibility index (Phi) is 17.9. The van der Waals surface area contributed by atoms with E-state index in [1.54, 1.807) is 0 Å². The quantitative estimate of drug-likeness (QED) is 0.193. The van der Waals surface area contributed by atoms with Gasteiger partial charge in [0.05, 0.1) is 0 Å². The third-order valence-corrected chi connectivity index (χ3v) is 5.02. The van der Waals surface area contributed by atoms with Crippen LogP contribution in [0.4, 0.5) is 0 Å². The van der Waals surface area contributed by atoms with Crippen LogP contribution >= 0.6 is 0 Å². The van der Waals surface area contributed by atoms with Crippen LogP contribution in [0.1, 0.15) is 122 Å². The highest BCUT2D eigenvalue weighted by Crippen LogP contribution is 2.13. The van der Waals surface area contributed by atoms with Crippen molar-refractivity contribution in [3.8, 4) is 0 Å². The lowest BCUT2D eigenvalue weighted by atomic mass is 10.0. The molecule has 0 atom stereocenters. The van der Waals surface area contributed by atoms with E-state index in [1.165, 1.54) is 83.5 Å². The van der Waals surface area contributed by atoms with Crippen molar-refractivity contribution in [1.29, 1.82) is 0 Å². The smallest absolute Gasteiger partial charge is 0.303 e. The van der Waals surface area contributed by atoms with E-state index in [9.17, 15) is 14.4 Å². The molecule has 0 saturated carbocycles. The number of amides is 2. The summed E-state index contributed by atoms with van der Waals surface area (Å²) in [4.78, 5) is 30.8. The van der Waals surface area contributed by atoms with Crippen molar-refractivity contribution in [2.75, 3.05) is 0 Å². The van der Waals surface area contributed by atoms with Gasteiger partial charge in [0.2, 0.25) is 0 Å². The Balaban J connectivity index is 0.000000749. The molecule has 1 saturated heterocycles. The maximum atomic E-state index is 10.3. The zero-order valence-electron chi connectivity index (χ0n) is 17.8. The van der Waals surface area contributed by atoms with Crippen LogP contribution in [0.3, 0.4) is 0 Å². The highest BCUT2D eigenvalue weighted by Gasteiger charge is 2.26. The van der Waals surface area contributed by atoms with Crippen molar-refractivity contribution >= 4 is 17.8 Å². The monoisotopic (exact) mass is 399 g/mol. The fourth-order valence-corrected chi connectivity index (χ4v) is 3.21. The number of aliphatic carboxylic acids is 1. The molecule has 6 nitrogen and oxygen atoms in total. The van der Waals surface area contributed by atoms with E-state index in [2.05, 4.69) is 6.92 Å². The van der Waals surface area contributed by atoms with Gasteiger partial charge in [0.1, 0.15) is 0 Å². The van der Waals surface area contributed by atoms with Gasteiger partial charge in [-0.1, -0.05) is 96.8 Å². The predicted octanol–water partition coefficient (Wildman–Crippen LogP) is 5.86. The number of carboxylic acids is 1. The highest BCUT2D eigenvalue weighted by molar-refractivity contribution is 6.00. The number of unbranched alkanes of at least 4 members (excludes halogenated alkanes) is 14. The van der Waals surface area contributed by atoms with Gasteiger partial charge in [-0.15, -0.1) is 0 Å². The molecule has 1 aliphatic rings. The SMILES string of the molecule is CCCCCCCCCCCCCCCCCC(=O)O.O=C1CCC(=O)N1O. The first-order valence-electron chi connectivity index (χ1n) is 11.3. The number of rotatable bonds is 16. The summed E-state index contributed by atoms with van der Waals surface area (Å²) in [5, 5.41) is 17.1. The van der Waals surface area contributed by atoms with Crippen molar-refractivity contribution in [2.24, 2.45) is 0 Å². The molecule has 28 heavy (non-hydrogen) atoms. The Morgan fingerprint density at radius 3 is 1.29 bits per heavy atom. The topological polar surface area (TPSA) is 94.9 Å². The summed E-state index contributed by atoms with van der Waals surface area (Å²) in [6.07, 6.45) is 20.5. The second kappa shape index (κ2) is 18.9. The minimum absolute atomic E-state index is 0.148. The Morgan fingerprint density at radius 2 is 1.04 bits per heavy atom. The molecule has 1 heterocycles. The molecule has 1 aliphatic heterocycles. The zero-order valence-corrected chi connectivity index (χ0v) is 17.8. The van der Waals surface area contributed by atoms with Crippen LogP contribution < -0.4 is 0 Å². The van der Waals surface area contributed by atoms with E-state index in [-0.39, 0.29) is 17.9 Å². The van der Waals surface area contributed by atoms with Gasteiger partial charge < -0.3 is 5.11 Å². The van der Waals surface area contributed by atoms with E-state index in [0.717, 1.165) is 12.8 Å². The highest BCUT2D eigenvalue weighted by atomic mass is 16.5. The fraction of sp³-hybridized carbons (Fsp3) is 0.864. The van der Waals surface area contributed by atoms with E-state index >= 15 is 0 Å². The standard InChI is InChI=1S/C18H36O2.C4H5NO3/c1-2-3-4-5-6-7-8-9-10-11-12-13-14-15-16-17-18(19)20;6-3-1-2-4(7)5(3)8/h2-17H2,1H3,(H,19,20);8H,1-2H2. The zero-order chi connectivity index (χ0) is 21.0. The molecule has 164 valence electrons. The van der Waals surface area contributed by atoms with Crippen LogP contribution in [0, 0.1) is 0 Å². The number of carbonyl (C=O) groups is 3. The van der Waals surface area contributed by atoms with Crippen molar-refractivity contribution in [2.45, 2.75) is 122 Å². The van der Waals surface area contributed by atoms with E-state index in [1.807, 2.05) is 0 Å². The van der Waals surface area contributed by atoms with Gasteiger partial charge in [-0.05, 0) is 6.42 Å². The first-order chi connectivity index (χ1) is 13.5. The summed E-state index contributed by atoms with van der Waals surface area (Å²) in [5.74, 6) is -1.66. The normalized spacial score (nSPS) is 13.6. The number of nitrogens with zero attached hydrogens (tertiary/aromatic N) is 1. The van der Waals surface area contributed by atoms with Crippen molar-refractivity contribution in [1.82, 2.24) is 5.06 Å². The number of hydrogen-bond donors (Lipinski definition) is 2. The largest absolute Gasteiger partial charge is 0.481 e. The molecule has 1 rings (SSSR count). The Bertz CT molecular complexity index is 409. The van der Waals surface area contributed by atoms with E-state index < -0.39 is 17.8 Å². The Hall–Kier alpha value is -1.43. The molecule has 1 fully saturated rings. The first-order valence-corrected chi connectivity index (χ1v) is 11.3. The average molecular weight is 400 g/mol. The van der Waals surface area contributed by atoms with Gasteiger partial charge in [0.15, 0.2) is 0 Å². The van der Waals surface area contributed by atoms with Gasteiger partial charge in [-0.3, -0.25) is 19.6 Å². The predicted molar refractivity (Wildman–Crippen MR) is 110 cm³/mol. The summed E-state index contributed by atoms with van der Waals surface area (Å²) in [7, 11) is 0. The lowest BCUT2D eigenvalue weighted by Gasteiger charge is -2.03. The lowest BCUT2D eigenvalue weighted by Crippen LogP contribution is -2.24. The van der Waals surface area contributed by atoms with Crippen LogP contribution in [0.15, 0.2) is 0 Å². The summed E-state index contributed by atoms with van der Waals surface area (Å²) in [5.41, 5.74) is 0. The van der Waals surface area contributed by atoms with Gasteiger partial charge in [-0.2, -0.15) is 5.06 Å². The molecular weight excluding hydrogens is 358 g/mol. The number of imide groups is 1. The molecule has 0 bridgehead atoms. The Labute approximate surface area is 170 Å². The molecule has 0 spiro atoms. The molecule has 0 aliphatic carbocycles. The van der Waals surface area contributed by atoms with Gasteiger partial charge in [0, 0.05) is 19.3 Å². The molecule has 6 heteroatoms. The first kappa shape index (κ1) is 26.6. The third kappa shape index (κ3) is 16.7. The van der Waals surface area contributed by atoms with Crippen molar-refractivity contribution < 1.29 is 24.7 Å². The van der Waals surface area contributed by atoms with Crippen molar-refractivity contribution in [3.63, 3.8) is 0 Å². The second-order valence-corrected chi connectivity index (χ2v) is 7.69. The van der Waals surface area contributed by atoms with Crippen LogP contribution in [0.25, 0.3) is 0 Å². The molecule has 0 aromatic carbocycles. The Morgan fingerprint density at radius 1 is 0.714 bits per heavy atom. The maximum Gasteiger partial charge on any atom is 0.303 e. The molecular formula is C22H41NO5. The van der Waals surface area contributed by atoms with E-state index in [4.69, 9.17) is 10.3 Å². The molecule has 0 radical (unpaired) electrons. The maximum absolute atomic E-state index is 10.3. The number of hydroxylamine groups is 2. The summed E-state index contributed by atoms with van der Waals surface area (Å²) in [6.45, 7) is 2.27. The summed E-state index contributed by atoms with van der Waals surface area (Å²) >= 11 is 0. The molecule has 2 N–H and O–H groups in total. The van der Waals surface area contributed by atoms with Gasteiger partial charge in [0.25, 0.3) is 11.8 Å². The van der Waals surface area contributed by atoms with E-state index in [0.29, 0.717) is 6.42 Å². The second-order valence-electron chi connectivity index (χ2n) is 7.69. The van der Waals surface area contributed by atoms with Crippen LogP contribution in [-0.4, -0.2) is 33.2 Å². The van der Waals surface area contributed by atoms with Gasteiger partial charge >= 0.3 is 5.97 Å². The van der Waals surface area contributed by atoms with Crippen LogP contribution in [0.2, 0.25) is 0 Å². The minimum Gasteiger partial charge on any atom is -0.481 e. The summed E-state index contributed by atoms with van der Waals surface area (Å²) < 4.78 is 0. The average Bonchev–Trinajstić information content (AvgIpc) is 2.96. The number of carbonyl (C=O) groups excluding carboxylic acids is 2. The fourth-order valence-electron chi connectivity index (χ4n) is 3.21. The number of carboxylic acid groups (broad SMARTS) is 1. The molecule has 0 unspecified atom stereocenters. The van der Waals surface area contributed by atoms with Gasteiger partial charge in [-0.25, -0.2) is 0 Å². The van der Waals surface area contributed by atoms with Crippen molar-refractivity contribution in [3.05, 3.63) is 0 Å². The number of hydrogen-bond acceptors (Lipinski definition) is 4. The van der Waals surface area contributed by atoms with Crippen LogP contribution in [0.5, 0.6) is 0 Å². The molecule has 0 aromatic rings.